The lowest BCUT2D eigenvalue weighted by Crippen LogP contribution is -2.05. The molecule has 2 rings (SSSR count). The zero-order valence-electron chi connectivity index (χ0n) is 9.52. The fraction of sp³-hybridized carbons (Fsp3) is 0.0909. The number of nitrogens with zero attached hydrogens (tertiary/aromatic N) is 2. The Hall–Kier alpha value is -1.91. The number of nitrogens with one attached hydrogen (secondary N) is 1. The van der Waals surface area contributed by atoms with Crippen LogP contribution < -0.4 is 5.73 Å². The van der Waals surface area contributed by atoms with E-state index in [4.69, 9.17) is 34.2 Å². The molecule has 0 aliphatic carbocycles. The monoisotopic (exact) mass is 320 g/mol. The molecule has 3 N–H and O–H groups in total. The number of anilines is 1. The van der Waals surface area contributed by atoms with E-state index in [1.54, 1.807) is 6.07 Å². The van der Waals surface area contributed by atoms with Gasteiger partial charge < -0.3 is 5.73 Å². The third-order valence-electron chi connectivity index (χ3n) is 2.51. The number of nitriles is 1. The van der Waals surface area contributed by atoms with Gasteiger partial charge in [-0.15, -0.1) is 0 Å². The quantitative estimate of drug-likeness (QED) is 0.837. The van der Waals surface area contributed by atoms with E-state index in [9.17, 15) is 13.2 Å². The molecule has 0 saturated carbocycles. The molecule has 0 saturated heterocycles. The van der Waals surface area contributed by atoms with E-state index in [1.165, 1.54) is 0 Å². The van der Waals surface area contributed by atoms with Crippen LogP contribution in [0.5, 0.6) is 0 Å². The lowest BCUT2D eigenvalue weighted by Gasteiger charge is -2.11. The van der Waals surface area contributed by atoms with Crippen molar-refractivity contribution in [1.29, 1.82) is 5.26 Å². The maximum Gasteiger partial charge on any atom is 0.416 e. The summed E-state index contributed by atoms with van der Waals surface area (Å²) in [6.07, 6.45) is -4.57. The number of benzene rings is 1. The van der Waals surface area contributed by atoms with Crippen molar-refractivity contribution in [1.82, 2.24) is 10.2 Å². The van der Waals surface area contributed by atoms with E-state index in [1.807, 2.05) is 0 Å². The molecule has 4 nitrogen and oxygen atoms in total. The number of nitrogens with two attached hydrogens (primary N) is 1. The van der Waals surface area contributed by atoms with Gasteiger partial charge in [0, 0.05) is 5.56 Å². The smallest absolute Gasteiger partial charge is 0.383 e. The highest BCUT2D eigenvalue weighted by molar-refractivity contribution is 6.39. The molecule has 1 heterocycles. The maximum absolute atomic E-state index is 12.6. The summed E-state index contributed by atoms with van der Waals surface area (Å²) in [4.78, 5) is 0. The van der Waals surface area contributed by atoms with Gasteiger partial charge in [-0.3, -0.25) is 5.10 Å². The number of H-pyrrole nitrogens is 1. The summed E-state index contributed by atoms with van der Waals surface area (Å²) in [6.45, 7) is 0. The van der Waals surface area contributed by atoms with E-state index < -0.39 is 11.7 Å². The van der Waals surface area contributed by atoms with Crippen LogP contribution in [-0.2, 0) is 6.18 Å². The first kappa shape index (κ1) is 14.5. The van der Waals surface area contributed by atoms with Gasteiger partial charge >= 0.3 is 6.18 Å². The van der Waals surface area contributed by atoms with Gasteiger partial charge in [-0.05, 0) is 12.1 Å². The zero-order valence-corrected chi connectivity index (χ0v) is 11.0. The predicted octanol–water partition coefficient (Wildman–Crippen LogP) is 3.86. The summed E-state index contributed by atoms with van der Waals surface area (Å²) in [5, 5.41) is 14.5. The van der Waals surface area contributed by atoms with Crippen molar-refractivity contribution >= 4 is 29.0 Å². The van der Waals surface area contributed by atoms with Crippen molar-refractivity contribution in [2.45, 2.75) is 6.18 Å². The second kappa shape index (κ2) is 4.89. The summed E-state index contributed by atoms with van der Waals surface area (Å²) in [6, 6.07) is 3.22. The van der Waals surface area contributed by atoms with Crippen molar-refractivity contribution in [2.75, 3.05) is 5.73 Å². The van der Waals surface area contributed by atoms with Crippen LogP contribution in [0.15, 0.2) is 12.1 Å². The Morgan fingerprint density at radius 2 is 1.80 bits per heavy atom. The molecule has 0 bridgehead atoms. The molecule has 1 aromatic heterocycles. The highest BCUT2D eigenvalue weighted by Gasteiger charge is 2.32. The molecule has 0 spiro atoms. The van der Waals surface area contributed by atoms with E-state index in [0.717, 1.165) is 12.1 Å². The molecule has 104 valence electrons. The molecule has 1 aromatic carbocycles. The van der Waals surface area contributed by atoms with Gasteiger partial charge in [-0.25, -0.2) is 0 Å². The molecule has 0 aliphatic rings. The first-order valence-corrected chi connectivity index (χ1v) is 5.82. The zero-order chi connectivity index (χ0) is 15.1. The fourth-order valence-electron chi connectivity index (χ4n) is 1.61. The maximum atomic E-state index is 12.6. The van der Waals surface area contributed by atoms with Crippen LogP contribution in [0.4, 0.5) is 19.0 Å². The molecular weight excluding hydrogens is 316 g/mol. The molecule has 2 aromatic rings. The van der Waals surface area contributed by atoms with Gasteiger partial charge in [0.15, 0.2) is 0 Å². The number of halogens is 5. The number of rotatable bonds is 1. The molecule has 0 aliphatic heterocycles. The lowest BCUT2D eigenvalue weighted by atomic mass is 10.1. The molecule has 0 amide bonds. The van der Waals surface area contributed by atoms with Crippen molar-refractivity contribution < 1.29 is 13.2 Å². The average Bonchev–Trinajstić information content (AvgIpc) is 2.68. The minimum atomic E-state index is -4.57. The van der Waals surface area contributed by atoms with Crippen molar-refractivity contribution in [3.05, 3.63) is 33.3 Å². The highest BCUT2D eigenvalue weighted by atomic mass is 35.5. The topological polar surface area (TPSA) is 78.5 Å². The Balaban J connectivity index is 2.68. The third-order valence-corrected chi connectivity index (χ3v) is 3.11. The van der Waals surface area contributed by atoms with Gasteiger partial charge in [-0.1, -0.05) is 23.2 Å². The Bertz CT molecular complexity index is 692. The minimum absolute atomic E-state index is 0.00808. The molecule has 20 heavy (non-hydrogen) atoms. The molecule has 0 atom stereocenters. The second-order valence-corrected chi connectivity index (χ2v) is 4.60. The lowest BCUT2D eigenvalue weighted by molar-refractivity contribution is -0.137. The summed E-state index contributed by atoms with van der Waals surface area (Å²) in [5.74, 6) is -0.0190. The van der Waals surface area contributed by atoms with Gasteiger partial charge in [0.25, 0.3) is 0 Å². The normalized spacial score (nSPS) is 11.4. The summed E-state index contributed by atoms with van der Waals surface area (Å²) in [5.41, 5.74) is 4.49. The largest absolute Gasteiger partial charge is 0.416 e. The third kappa shape index (κ3) is 2.40. The predicted molar refractivity (Wildman–Crippen MR) is 68.2 cm³/mol. The van der Waals surface area contributed by atoms with E-state index >= 15 is 0 Å². The van der Waals surface area contributed by atoms with Crippen LogP contribution in [0.2, 0.25) is 10.0 Å². The van der Waals surface area contributed by atoms with Crippen molar-refractivity contribution in [2.24, 2.45) is 0 Å². The van der Waals surface area contributed by atoms with Crippen LogP contribution >= 0.6 is 23.2 Å². The van der Waals surface area contributed by atoms with E-state index in [-0.39, 0.29) is 32.7 Å². The van der Waals surface area contributed by atoms with Gasteiger partial charge in [0.1, 0.15) is 23.1 Å². The van der Waals surface area contributed by atoms with Crippen LogP contribution in [-0.4, -0.2) is 10.2 Å². The first-order chi connectivity index (χ1) is 9.25. The molecular formula is C11H5Cl2F3N4. The number of hydrogen-bond acceptors (Lipinski definition) is 3. The number of aromatic nitrogens is 2. The van der Waals surface area contributed by atoms with E-state index in [0.29, 0.717) is 0 Å². The minimum Gasteiger partial charge on any atom is -0.383 e. The Morgan fingerprint density at radius 3 is 2.25 bits per heavy atom. The van der Waals surface area contributed by atoms with Crippen molar-refractivity contribution in [3.63, 3.8) is 0 Å². The highest BCUT2D eigenvalue weighted by Crippen LogP contribution is 2.41. The summed E-state index contributed by atoms with van der Waals surface area (Å²) >= 11 is 11.6. The summed E-state index contributed by atoms with van der Waals surface area (Å²) in [7, 11) is 0. The average molecular weight is 321 g/mol. The molecule has 0 fully saturated rings. The molecule has 0 unspecified atom stereocenters. The number of hydrogen-bond donors (Lipinski definition) is 2. The van der Waals surface area contributed by atoms with Crippen LogP contribution in [0.3, 0.4) is 0 Å². The van der Waals surface area contributed by atoms with Crippen LogP contribution in [0.25, 0.3) is 11.3 Å². The van der Waals surface area contributed by atoms with Crippen molar-refractivity contribution in [3.8, 4) is 17.3 Å². The van der Waals surface area contributed by atoms with Crippen LogP contribution in [0, 0.1) is 11.3 Å². The summed E-state index contributed by atoms with van der Waals surface area (Å²) < 4.78 is 37.9. The molecule has 9 heteroatoms. The van der Waals surface area contributed by atoms with Gasteiger partial charge in [0.05, 0.1) is 15.6 Å². The fourth-order valence-corrected chi connectivity index (χ4v) is 2.28. The SMILES string of the molecule is N#Cc1c(-c2c(Cl)cc(C(F)(F)F)cc2Cl)n[nH]c1N. The molecule has 0 radical (unpaired) electrons. The number of aromatic amines is 1. The van der Waals surface area contributed by atoms with Crippen LogP contribution in [0.1, 0.15) is 11.1 Å². The second-order valence-electron chi connectivity index (χ2n) is 3.79. The standard InChI is InChI=1S/C11H5Cl2F3N4/c12-6-1-4(11(14,15)16)2-7(13)8(6)9-5(3-17)10(18)20-19-9/h1-2H,(H3,18,19,20). The number of alkyl halides is 3. The van der Waals surface area contributed by atoms with E-state index in [2.05, 4.69) is 10.2 Å². The van der Waals surface area contributed by atoms with Gasteiger partial charge in [0.2, 0.25) is 0 Å². The number of nitrogen functional groups attached to an aromatic ring is 1. The Kier molecular flexibility index (Phi) is 3.54. The first-order valence-electron chi connectivity index (χ1n) is 5.06. The Labute approximate surface area is 120 Å². The Morgan fingerprint density at radius 1 is 1.25 bits per heavy atom. The van der Waals surface area contributed by atoms with Gasteiger partial charge in [-0.2, -0.15) is 23.5 Å².